The molecule has 0 unspecified atom stereocenters. The minimum absolute atomic E-state index is 0.159. The number of alkyl halides is 1. The van der Waals surface area contributed by atoms with Crippen molar-refractivity contribution in [1.29, 1.82) is 0 Å². The van der Waals surface area contributed by atoms with E-state index >= 15 is 0 Å². The number of hydrogen-bond donors (Lipinski definition) is 0. The average Bonchev–Trinajstić information content (AvgIpc) is 2.54. The van der Waals surface area contributed by atoms with Crippen LogP contribution in [0.25, 0.3) is 0 Å². The number of nitrogens with zero attached hydrogens (tertiary/aromatic N) is 1. The van der Waals surface area contributed by atoms with E-state index in [0.29, 0.717) is 22.5 Å². The van der Waals surface area contributed by atoms with Gasteiger partial charge in [-0.15, -0.1) is 0 Å². The Morgan fingerprint density at radius 1 is 1.18 bits per heavy atom. The highest BCUT2D eigenvalue weighted by Crippen LogP contribution is 2.22. The van der Waals surface area contributed by atoms with Gasteiger partial charge in [0, 0.05) is 11.4 Å². The first-order chi connectivity index (χ1) is 8.11. The number of carbonyl (C=O) groups is 2. The molecule has 2 rings (SSSR count). The number of hydrogen-bond acceptors (Lipinski definition) is 2. The molecule has 1 aromatic rings. The molecule has 1 atom stereocenters. The lowest BCUT2D eigenvalue weighted by Crippen LogP contribution is -2.30. The van der Waals surface area contributed by atoms with E-state index < -0.39 is 0 Å². The summed E-state index contributed by atoms with van der Waals surface area (Å²) in [5, 5.41) is 0. The van der Waals surface area contributed by atoms with Crippen LogP contribution in [0.1, 0.15) is 40.5 Å². The summed E-state index contributed by atoms with van der Waals surface area (Å²) in [5.41, 5.74) is 1.06. The molecule has 0 spiro atoms. The number of rotatable bonds is 4. The van der Waals surface area contributed by atoms with E-state index in [1.807, 2.05) is 0 Å². The molecule has 1 aliphatic rings. The van der Waals surface area contributed by atoms with E-state index in [1.54, 1.807) is 24.3 Å². The summed E-state index contributed by atoms with van der Waals surface area (Å²) in [6.07, 6.45) is 1.78. The molecule has 0 aromatic heterocycles. The third-order valence-corrected chi connectivity index (χ3v) is 3.32. The predicted octanol–water partition coefficient (Wildman–Crippen LogP) is 2.85. The SMILES string of the molecule is C[C@H](Br)CCCN1C(=O)c2ccccc2C1=O. The highest BCUT2D eigenvalue weighted by molar-refractivity contribution is 9.09. The molecule has 0 saturated carbocycles. The number of fused-ring (bicyclic) bond motifs is 1. The fraction of sp³-hybridized carbons (Fsp3) is 0.385. The topological polar surface area (TPSA) is 37.4 Å². The summed E-state index contributed by atoms with van der Waals surface area (Å²) in [4.78, 5) is 25.7. The van der Waals surface area contributed by atoms with Gasteiger partial charge in [-0.05, 0) is 25.0 Å². The Bertz CT molecular complexity index is 421. The predicted molar refractivity (Wildman–Crippen MR) is 69.4 cm³/mol. The van der Waals surface area contributed by atoms with Gasteiger partial charge >= 0.3 is 0 Å². The van der Waals surface area contributed by atoms with Crippen LogP contribution >= 0.6 is 15.9 Å². The van der Waals surface area contributed by atoms with Crippen LogP contribution in [-0.4, -0.2) is 28.1 Å². The molecule has 0 aliphatic carbocycles. The van der Waals surface area contributed by atoms with Crippen LogP contribution in [0.5, 0.6) is 0 Å². The Morgan fingerprint density at radius 2 is 1.71 bits per heavy atom. The van der Waals surface area contributed by atoms with Gasteiger partial charge in [0.15, 0.2) is 0 Å². The van der Waals surface area contributed by atoms with E-state index in [-0.39, 0.29) is 11.8 Å². The van der Waals surface area contributed by atoms with Crippen LogP contribution in [0.4, 0.5) is 0 Å². The van der Waals surface area contributed by atoms with Gasteiger partial charge in [-0.3, -0.25) is 14.5 Å². The van der Waals surface area contributed by atoms with Crippen molar-refractivity contribution in [3.8, 4) is 0 Å². The lowest BCUT2D eigenvalue weighted by atomic mass is 10.1. The molecule has 90 valence electrons. The van der Waals surface area contributed by atoms with Gasteiger partial charge < -0.3 is 0 Å². The second-order valence-electron chi connectivity index (χ2n) is 4.23. The zero-order valence-corrected chi connectivity index (χ0v) is 11.2. The first-order valence-electron chi connectivity index (χ1n) is 5.70. The molecule has 0 N–H and O–H groups in total. The largest absolute Gasteiger partial charge is 0.274 e. The van der Waals surface area contributed by atoms with Crippen molar-refractivity contribution in [2.45, 2.75) is 24.6 Å². The summed E-state index contributed by atoms with van der Waals surface area (Å²) in [5.74, 6) is -0.319. The molecule has 1 heterocycles. The zero-order valence-electron chi connectivity index (χ0n) is 9.65. The minimum Gasteiger partial charge on any atom is -0.274 e. The van der Waals surface area contributed by atoms with E-state index in [0.717, 1.165) is 12.8 Å². The maximum atomic E-state index is 12.0. The van der Waals surface area contributed by atoms with Crippen LogP contribution < -0.4 is 0 Å². The van der Waals surface area contributed by atoms with Crippen LogP contribution in [0.15, 0.2) is 24.3 Å². The van der Waals surface area contributed by atoms with Gasteiger partial charge in [0.25, 0.3) is 11.8 Å². The molecule has 2 amide bonds. The summed E-state index contributed by atoms with van der Waals surface area (Å²) in [6.45, 7) is 2.56. The van der Waals surface area contributed by atoms with Crippen LogP contribution in [0.2, 0.25) is 0 Å². The molecule has 1 aliphatic heterocycles. The van der Waals surface area contributed by atoms with Crippen molar-refractivity contribution in [2.24, 2.45) is 0 Å². The Kier molecular flexibility index (Phi) is 3.62. The Balaban J connectivity index is 2.08. The molecule has 3 nitrogen and oxygen atoms in total. The Labute approximate surface area is 109 Å². The van der Waals surface area contributed by atoms with Gasteiger partial charge in [-0.1, -0.05) is 35.0 Å². The maximum absolute atomic E-state index is 12.0. The van der Waals surface area contributed by atoms with Gasteiger partial charge in [0.2, 0.25) is 0 Å². The molecule has 0 saturated heterocycles. The molecule has 0 bridgehead atoms. The van der Waals surface area contributed by atoms with Crippen LogP contribution in [0, 0.1) is 0 Å². The highest BCUT2D eigenvalue weighted by Gasteiger charge is 2.34. The molecular formula is C13H14BrNO2. The standard InChI is InChI=1S/C13H14BrNO2/c1-9(14)5-4-8-15-12(16)10-6-2-3-7-11(10)13(15)17/h2-3,6-7,9H,4-5,8H2,1H3/t9-/m0/s1. The van der Waals surface area contributed by atoms with E-state index in [9.17, 15) is 9.59 Å². The summed E-state index contributed by atoms with van der Waals surface area (Å²) in [6, 6.07) is 6.99. The van der Waals surface area contributed by atoms with Crippen molar-refractivity contribution in [3.63, 3.8) is 0 Å². The minimum atomic E-state index is -0.159. The lowest BCUT2D eigenvalue weighted by Gasteiger charge is -2.13. The van der Waals surface area contributed by atoms with Gasteiger partial charge in [0.1, 0.15) is 0 Å². The fourth-order valence-electron chi connectivity index (χ4n) is 1.97. The van der Waals surface area contributed by atoms with Gasteiger partial charge in [-0.25, -0.2) is 0 Å². The highest BCUT2D eigenvalue weighted by atomic mass is 79.9. The quantitative estimate of drug-likeness (QED) is 0.633. The monoisotopic (exact) mass is 295 g/mol. The van der Waals surface area contributed by atoms with Crippen LogP contribution in [-0.2, 0) is 0 Å². The van der Waals surface area contributed by atoms with E-state index in [2.05, 4.69) is 22.9 Å². The first kappa shape index (κ1) is 12.3. The van der Waals surface area contributed by atoms with Gasteiger partial charge in [-0.2, -0.15) is 0 Å². The van der Waals surface area contributed by atoms with E-state index in [4.69, 9.17) is 0 Å². The molecule has 0 radical (unpaired) electrons. The fourth-order valence-corrected chi connectivity index (χ4v) is 2.30. The smallest absolute Gasteiger partial charge is 0.261 e. The maximum Gasteiger partial charge on any atom is 0.261 e. The molecule has 4 heteroatoms. The van der Waals surface area contributed by atoms with Crippen molar-refractivity contribution < 1.29 is 9.59 Å². The normalized spacial score (nSPS) is 16.2. The third kappa shape index (κ3) is 2.41. The number of imide groups is 1. The Hall–Kier alpha value is -1.16. The number of carbonyl (C=O) groups excluding carboxylic acids is 2. The van der Waals surface area contributed by atoms with E-state index in [1.165, 1.54) is 4.90 Å². The van der Waals surface area contributed by atoms with Crippen LogP contribution in [0.3, 0.4) is 0 Å². The number of halogens is 1. The summed E-state index contributed by atoms with van der Waals surface area (Å²) >= 11 is 3.45. The number of amides is 2. The summed E-state index contributed by atoms with van der Waals surface area (Å²) < 4.78 is 0. The third-order valence-electron chi connectivity index (χ3n) is 2.86. The average molecular weight is 296 g/mol. The first-order valence-corrected chi connectivity index (χ1v) is 6.62. The van der Waals surface area contributed by atoms with Crippen molar-refractivity contribution in [2.75, 3.05) is 6.54 Å². The molecule has 17 heavy (non-hydrogen) atoms. The Morgan fingerprint density at radius 3 is 2.18 bits per heavy atom. The number of benzene rings is 1. The van der Waals surface area contributed by atoms with Crippen molar-refractivity contribution >= 4 is 27.7 Å². The second-order valence-corrected chi connectivity index (χ2v) is 5.79. The molecular weight excluding hydrogens is 282 g/mol. The summed E-state index contributed by atoms with van der Waals surface area (Å²) in [7, 11) is 0. The zero-order chi connectivity index (χ0) is 12.4. The molecule has 1 aromatic carbocycles. The van der Waals surface area contributed by atoms with Gasteiger partial charge in [0.05, 0.1) is 11.1 Å². The molecule has 0 fully saturated rings. The van der Waals surface area contributed by atoms with Crippen molar-refractivity contribution in [1.82, 2.24) is 4.90 Å². The lowest BCUT2D eigenvalue weighted by molar-refractivity contribution is 0.0652. The second kappa shape index (κ2) is 5.00. The van der Waals surface area contributed by atoms with Crippen molar-refractivity contribution in [3.05, 3.63) is 35.4 Å².